The van der Waals surface area contributed by atoms with Crippen molar-refractivity contribution in [2.45, 2.75) is 65.6 Å². The molecule has 0 unspecified atom stereocenters. The van der Waals surface area contributed by atoms with Crippen LogP contribution in [0, 0.1) is 6.92 Å². The molecule has 0 bridgehead atoms. The van der Waals surface area contributed by atoms with Gasteiger partial charge in [-0.2, -0.15) is 13.2 Å². The molecule has 2 aliphatic rings. The molecule has 11 nitrogen and oxygen atoms in total. The van der Waals surface area contributed by atoms with Crippen molar-refractivity contribution in [1.29, 1.82) is 0 Å². The zero-order chi connectivity index (χ0) is 39.5. The summed E-state index contributed by atoms with van der Waals surface area (Å²) in [5, 5.41) is 3.07. The highest BCUT2D eigenvalue weighted by atomic mass is 19.4. The summed E-state index contributed by atoms with van der Waals surface area (Å²) in [5.41, 5.74) is 10.0. The number of allylic oxidation sites excluding steroid dienone is 1. The molecule has 0 saturated carbocycles. The molecule has 0 atom stereocenters. The fourth-order valence-corrected chi connectivity index (χ4v) is 5.58. The number of aromatic nitrogens is 2. The normalized spacial score (nSPS) is 14.9. The number of aldehydes is 1. The van der Waals surface area contributed by atoms with Crippen LogP contribution in [-0.4, -0.2) is 104 Å². The number of likely N-dealkylation sites (N-methyl/N-ethyl adjacent to an activating group) is 1. The van der Waals surface area contributed by atoms with Crippen LogP contribution in [0.5, 0.6) is 0 Å². The first-order chi connectivity index (χ1) is 25.9. The fraction of sp³-hybridized carbons (Fsp3) is 0.475. The molecule has 4 heterocycles. The molecule has 294 valence electrons. The van der Waals surface area contributed by atoms with E-state index in [-0.39, 0.29) is 24.8 Å². The van der Waals surface area contributed by atoms with E-state index in [9.17, 15) is 27.6 Å². The van der Waals surface area contributed by atoms with Crippen molar-refractivity contribution >= 4 is 29.5 Å². The Labute approximate surface area is 316 Å². The van der Waals surface area contributed by atoms with Crippen LogP contribution in [0.15, 0.2) is 66.4 Å². The zero-order valence-corrected chi connectivity index (χ0v) is 31.8. The number of ether oxygens (including phenoxy) is 1. The number of carbonyl (C=O) groups is 3. The molecule has 0 radical (unpaired) electrons. The van der Waals surface area contributed by atoms with Crippen molar-refractivity contribution in [3.05, 3.63) is 83.3 Å². The third-order valence-corrected chi connectivity index (χ3v) is 8.72. The molecule has 2 aliphatic heterocycles. The van der Waals surface area contributed by atoms with Gasteiger partial charge in [0.1, 0.15) is 12.0 Å². The van der Waals surface area contributed by atoms with Gasteiger partial charge in [-0.05, 0) is 94.1 Å². The SMILES string of the molecule is C/C(=C\CCN)C(F)(F)F.CCC=O.Cc1ccnc(-c2cc(N3CCCCC3)ccc2NC(=O)c2cccc(CN(C)C(=O)CN3CCOCC3)n2)c1. The third-order valence-electron chi connectivity index (χ3n) is 8.72. The Morgan fingerprint density at radius 1 is 1.04 bits per heavy atom. The Morgan fingerprint density at radius 2 is 1.74 bits per heavy atom. The highest BCUT2D eigenvalue weighted by Crippen LogP contribution is 2.33. The first-order valence-electron chi connectivity index (χ1n) is 18.4. The number of benzene rings is 1. The number of piperidine rings is 1. The van der Waals surface area contributed by atoms with E-state index in [2.05, 4.69) is 37.2 Å². The number of anilines is 2. The number of nitrogens with one attached hydrogen (secondary N) is 1. The van der Waals surface area contributed by atoms with Crippen LogP contribution in [-0.2, 0) is 20.9 Å². The van der Waals surface area contributed by atoms with Gasteiger partial charge in [0.05, 0.1) is 43.4 Å². The second-order valence-electron chi connectivity index (χ2n) is 13.1. The number of hydrogen-bond acceptors (Lipinski definition) is 9. The van der Waals surface area contributed by atoms with Gasteiger partial charge in [0.2, 0.25) is 5.91 Å². The molecule has 2 saturated heterocycles. The summed E-state index contributed by atoms with van der Waals surface area (Å²) in [6, 6.07) is 15.5. The van der Waals surface area contributed by atoms with Crippen LogP contribution in [0.2, 0.25) is 0 Å². The molecule has 3 N–H and O–H groups in total. The van der Waals surface area contributed by atoms with Crippen LogP contribution in [0.25, 0.3) is 11.3 Å². The largest absolute Gasteiger partial charge is 0.412 e. The molecule has 3 aromatic rings. The number of pyridine rings is 2. The molecule has 5 rings (SSSR count). The second-order valence-corrected chi connectivity index (χ2v) is 13.1. The molecular formula is C40H54F3N7O4. The van der Waals surface area contributed by atoms with E-state index < -0.39 is 11.7 Å². The lowest BCUT2D eigenvalue weighted by Gasteiger charge is -2.29. The Morgan fingerprint density at radius 3 is 2.37 bits per heavy atom. The zero-order valence-electron chi connectivity index (χ0n) is 31.8. The average molecular weight is 754 g/mol. The van der Waals surface area contributed by atoms with E-state index in [1.807, 2.05) is 38.1 Å². The van der Waals surface area contributed by atoms with E-state index in [0.717, 1.165) is 68.0 Å². The van der Waals surface area contributed by atoms with E-state index in [1.165, 1.54) is 19.3 Å². The first-order valence-corrected chi connectivity index (χ1v) is 18.4. The van der Waals surface area contributed by atoms with Crippen LogP contribution in [0.1, 0.15) is 67.7 Å². The summed E-state index contributed by atoms with van der Waals surface area (Å²) < 4.78 is 40.4. The van der Waals surface area contributed by atoms with Crippen molar-refractivity contribution in [3.63, 3.8) is 0 Å². The van der Waals surface area contributed by atoms with Gasteiger partial charge in [-0.25, -0.2) is 4.98 Å². The molecular weight excluding hydrogens is 699 g/mol. The maximum Gasteiger partial charge on any atom is 0.412 e. The number of halogens is 3. The molecule has 0 aliphatic carbocycles. The maximum absolute atomic E-state index is 13.4. The quantitative estimate of drug-likeness (QED) is 0.168. The van der Waals surface area contributed by atoms with Crippen molar-refractivity contribution in [1.82, 2.24) is 19.8 Å². The lowest BCUT2D eigenvalue weighted by molar-refractivity contribution is -0.132. The van der Waals surface area contributed by atoms with Gasteiger partial charge < -0.3 is 30.4 Å². The Balaban J connectivity index is 0.000000477. The number of nitrogens with two attached hydrogens (primary N) is 1. The molecule has 54 heavy (non-hydrogen) atoms. The number of nitrogens with zero attached hydrogens (tertiary/aromatic N) is 5. The minimum Gasteiger partial charge on any atom is -0.379 e. The molecule has 14 heteroatoms. The van der Waals surface area contributed by atoms with Gasteiger partial charge in [0.25, 0.3) is 5.91 Å². The van der Waals surface area contributed by atoms with Crippen molar-refractivity contribution in [3.8, 4) is 11.3 Å². The van der Waals surface area contributed by atoms with Gasteiger partial charge in [0.15, 0.2) is 0 Å². The van der Waals surface area contributed by atoms with Crippen LogP contribution >= 0.6 is 0 Å². The Bertz CT molecular complexity index is 1670. The van der Waals surface area contributed by atoms with Gasteiger partial charge in [0, 0.05) is 62.7 Å². The van der Waals surface area contributed by atoms with Crippen LogP contribution < -0.4 is 16.0 Å². The Hall–Kier alpha value is -4.66. The Kier molecular flexibility index (Phi) is 18.3. The molecule has 2 amide bonds. The van der Waals surface area contributed by atoms with E-state index in [0.29, 0.717) is 49.8 Å². The number of rotatable bonds is 11. The number of alkyl halides is 3. The first kappa shape index (κ1) is 43.7. The summed E-state index contributed by atoms with van der Waals surface area (Å²) in [6.45, 7) is 10.7. The van der Waals surface area contributed by atoms with Gasteiger partial charge in [-0.3, -0.25) is 19.5 Å². The monoisotopic (exact) mass is 753 g/mol. The second kappa shape index (κ2) is 22.5. The summed E-state index contributed by atoms with van der Waals surface area (Å²) in [6.07, 6.45) is 4.14. The maximum atomic E-state index is 13.4. The van der Waals surface area contributed by atoms with E-state index in [4.69, 9.17) is 10.5 Å². The third kappa shape index (κ3) is 14.6. The number of hydrogen-bond donors (Lipinski definition) is 2. The van der Waals surface area contributed by atoms with Crippen molar-refractivity contribution < 1.29 is 32.3 Å². The predicted octanol–water partition coefficient (Wildman–Crippen LogP) is 6.42. The highest BCUT2D eigenvalue weighted by molar-refractivity contribution is 6.05. The van der Waals surface area contributed by atoms with Crippen molar-refractivity contribution in [2.75, 3.05) is 69.7 Å². The van der Waals surface area contributed by atoms with Gasteiger partial charge >= 0.3 is 6.18 Å². The minimum absolute atomic E-state index is 0.0163. The summed E-state index contributed by atoms with van der Waals surface area (Å²) in [5.74, 6) is -0.286. The van der Waals surface area contributed by atoms with Crippen molar-refractivity contribution in [2.24, 2.45) is 5.73 Å². The number of morpholine rings is 1. The lowest BCUT2D eigenvalue weighted by Crippen LogP contribution is -2.43. The number of aryl methyl sites for hydroxylation is 1. The summed E-state index contributed by atoms with van der Waals surface area (Å²) in [4.78, 5) is 50.6. The van der Waals surface area contributed by atoms with Gasteiger partial charge in [-0.15, -0.1) is 0 Å². The lowest BCUT2D eigenvalue weighted by atomic mass is 10.0. The summed E-state index contributed by atoms with van der Waals surface area (Å²) in [7, 11) is 1.77. The topological polar surface area (TPSA) is 134 Å². The standard InChI is InChI=1S/C31H38N6O3.C6H10F3N.C3H6O/c1-23-11-12-32-29(19-23)26-20-25(37-13-4-3-5-14-37)9-10-27(26)34-31(39)28-8-6-7-24(33-28)21-35(2)30(38)22-36-15-17-40-18-16-36;1-5(3-2-4-10)6(7,8)9;1-2-3-4/h6-12,19-20H,3-5,13-18,21-22H2,1-2H3,(H,34,39);3H,2,4,10H2,1H3;3H,2H2,1H3/b;5-3+;. The predicted molar refractivity (Wildman–Crippen MR) is 206 cm³/mol. The molecule has 1 aromatic carbocycles. The fourth-order valence-electron chi connectivity index (χ4n) is 5.58. The van der Waals surface area contributed by atoms with Crippen LogP contribution in [0.3, 0.4) is 0 Å². The van der Waals surface area contributed by atoms with Crippen LogP contribution in [0.4, 0.5) is 24.5 Å². The molecule has 2 aromatic heterocycles. The highest BCUT2D eigenvalue weighted by Gasteiger charge is 2.29. The molecule has 2 fully saturated rings. The average Bonchev–Trinajstić information content (AvgIpc) is 3.17. The van der Waals surface area contributed by atoms with Gasteiger partial charge in [-0.1, -0.05) is 19.1 Å². The number of carbonyl (C=O) groups excluding carboxylic acids is 3. The van der Waals surface area contributed by atoms with E-state index >= 15 is 0 Å². The minimum atomic E-state index is -4.19. The molecule has 0 spiro atoms. The van der Waals surface area contributed by atoms with E-state index in [1.54, 1.807) is 30.3 Å². The smallest absolute Gasteiger partial charge is 0.379 e. The summed E-state index contributed by atoms with van der Waals surface area (Å²) >= 11 is 0. The number of amides is 2.